The quantitative estimate of drug-likeness (QED) is 0.328. The molecule has 0 radical (unpaired) electrons. The minimum Gasteiger partial charge on any atom is -0.323 e. The van der Waals surface area contributed by atoms with Crippen molar-refractivity contribution in [3.63, 3.8) is 0 Å². The van der Waals surface area contributed by atoms with Crippen LogP contribution < -0.4 is 5.32 Å². The molecule has 16 heteroatoms. The molecular formula is C11H16F11NO3S. The maximum Gasteiger partial charge on any atom is 0.438 e. The lowest BCUT2D eigenvalue weighted by Gasteiger charge is -2.35. The molecule has 0 spiro atoms. The van der Waals surface area contributed by atoms with Crippen LogP contribution in [0.2, 0.25) is 0 Å². The zero-order valence-corrected chi connectivity index (χ0v) is 14.5. The highest BCUT2D eigenvalue weighted by Gasteiger charge is 2.84. The Bertz CT molecular complexity index is 560. The van der Waals surface area contributed by atoms with Gasteiger partial charge in [0.05, 0.1) is 0 Å². The van der Waals surface area contributed by atoms with Crippen molar-refractivity contribution < 1.29 is 61.3 Å². The summed E-state index contributed by atoms with van der Waals surface area (Å²) in [7, 11) is -3.44. The number of halogens is 11. The van der Waals surface area contributed by atoms with Crippen LogP contribution in [0.3, 0.4) is 0 Å². The van der Waals surface area contributed by atoms with Crippen molar-refractivity contribution in [2.24, 2.45) is 0 Å². The molecule has 0 amide bonds. The van der Waals surface area contributed by atoms with Crippen molar-refractivity contribution in [3.8, 4) is 0 Å². The Morgan fingerprint density at radius 3 is 1.37 bits per heavy atom. The van der Waals surface area contributed by atoms with E-state index in [1.807, 2.05) is 14.1 Å². The predicted octanol–water partition coefficient (Wildman–Crippen LogP) is 4.33. The largest absolute Gasteiger partial charge is 0.438 e. The minimum absolute atomic E-state index is 1.19. The van der Waals surface area contributed by atoms with E-state index in [2.05, 4.69) is 5.32 Å². The topological polar surface area (TPSA) is 66.4 Å². The van der Waals surface area contributed by atoms with Gasteiger partial charge in [0.1, 0.15) is 0 Å². The van der Waals surface area contributed by atoms with Crippen LogP contribution in [-0.2, 0) is 10.1 Å². The third-order valence-electron chi connectivity index (χ3n) is 2.74. The van der Waals surface area contributed by atoms with Gasteiger partial charge in [-0.05, 0) is 26.9 Å². The number of rotatable bonds is 8. The molecule has 0 fully saturated rings. The second-order valence-electron chi connectivity index (χ2n) is 5.17. The zero-order chi connectivity index (χ0) is 22.5. The molecule has 166 valence electrons. The summed E-state index contributed by atoms with van der Waals surface area (Å²) in [4.78, 5) is 0. The molecule has 0 unspecified atom stereocenters. The molecular weight excluding hydrogens is 435 g/mol. The van der Waals surface area contributed by atoms with Crippen molar-refractivity contribution in [2.45, 2.75) is 54.9 Å². The van der Waals surface area contributed by atoms with Crippen LogP contribution in [0.4, 0.5) is 48.3 Å². The van der Waals surface area contributed by atoms with Crippen LogP contribution in [0.1, 0.15) is 25.7 Å². The van der Waals surface area contributed by atoms with Crippen LogP contribution >= 0.6 is 0 Å². The molecule has 0 aromatic heterocycles. The second-order valence-corrected chi connectivity index (χ2v) is 6.63. The van der Waals surface area contributed by atoms with E-state index in [0.29, 0.717) is 0 Å². The highest BCUT2D eigenvalue weighted by molar-refractivity contribution is 7.87. The van der Waals surface area contributed by atoms with Gasteiger partial charge in [0.25, 0.3) is 0 Å². The summed E-state index contributed by atoms with van der Waals surface area (Å²) < 4.78 is 167. The molecule has 0 aliphatic heterocycles. The fraction of sp³-hybridized carbons (Fsp3) is 1.00. The fourth-order valence-electron chi connectivity index (χ4n) is 1.40. The summed E-state index contributed by atoms with van der Waals surface area (Å²) in [6.45, 7) is 0. The first-order chi connectivity index (χ1) is 11.6. The standard InChI is InChI=1S/C9H9F11O3S.C2H7N/c10-5(11,3-1-2-4-6(12,13)14)7(15,16)8(17,18)9(19,20)24(21,22)23;1-3-2/h1-4H2,(H,21,22,23);3H,1-2H3. The normalized spacial score (nSPS) is 14.6. The lowest BCUT2D eigenvalue weighted by Crippen LogP contribution is -2.64. The van der Waals surface area contributed by atoms with Crippen molar-refractivity contribution in [1.29, 1.82) is 0 Å². The van der Waals surface area contributed by atoms with Crippen LogP contribution in [-0.4, -0.2) is 56.3 Å². The van der Waals surface area contributed by atoms with Crippen LogP contribution in [0.5, 0.6) is 0 Å². The first kappa shape index (κ1) is 28.3. The molecule has 0 saturated heterocycles. The molecule has 27 heavy (non-hydrogen) atoms. The third-order valence-corrected chi connectivity index (χ3v) is 3.65. The van der Waals surface area contributed by atoms with Crippen molar-refractivity contribution in [2.75, 3.05) is 14.1 Å². The summed E-state index contributed by atoms with van der Waals surface area (Å²) in [6.07, 6.45) is -11.5. The van der Waals surface area contributed by atoms with Crippen LogP contribution in [0.15, 0.2) is 0 Å². The first-order valence-corrected chi connectivity index (χ1v) is 8.20. The monoisotopic (exact) mass is 451 g/mol. The van der Waals surface area contributed by atoms with Gasteiger partial charge in [-0.3, -0.25) is 4.55 Å². The van der Waals surface area contributed by atoms with Gasteiger partial charge < -0.3 is 5.32 Å². The summed E-state index contributed by atoms with van der Waals surface area (Å²) in [6, 6.07) is 0. The fourth-order valence-corrected chi connectivity index (χ4v) is 1.86. The van der Waals surface area contributed by atoms with Gasteiger partial charge in [0, 0.05) is 12.8 Å². The van der Waals surface area contributed by atoms with E-state index >= 15 is 0 Å². The van der Waals surface area contributed by atoms with Gasteiger partial charge in [-0.1, -0.05) is 0 Å². The maximum absolute atomic E-state index is 13.1. The molecule has 0 aliphatic carbocycles. The molecule has 2 N–H and O–H groups in total. The summed E-state index contributed by atoms with van der Waals surface area (Å²) >= 11 is 0. The minimum atomic E-state index is -7.24. The van der Waals surface area contributed by atoms with Crippen LogP contribution in [0, 0.1) is 0 Å². The molecule has 0 atom stereocenters. The van der Waals surface area contributed by atoms with Crippen LogP contribution in [0.25, 0.3) is 0 Å². The van der Waals surface area contributed by atoms with E-state index in [4.69, 9.17) is 4.55 Å². The molecule has 0 aromatic carbocycles. The smallest absolute Gasteiger partial charge is 0.323 e. The summed E-state index contributed by atoms with van der Waals surface area (Å²) in [5.74, 6) is -20.2. The second kappa shape index (κ2) is 9.07. The van der Waals surface area contributed by atoms with E-state index < -0.39 is 65.0 Å². The molecule has 0 heterocycles. The van der Waals surface area contributed by atoms with E-state index in [0.717, 1.165) is 0 Å². The third kappa shape index (κ3) is 6.89. The molecule has 0 rings (SSSR count). The van der Waals surface area contributed by atoms with Gasteiger partial charge >= 0.3 is 39.3 Å². The number of hydrogen-bond acceptors (Lipinski definition) is 3. The average molecular weight is 451 g/mol. The first-order valence-electron chi connectivity index (χ1n) is 6.76. The molecule has 0 aliphatic rings. The van der Waals surface area contributed by atoms with E-state index in [1.165, 1.54) is 0 Å². The van der Waals surface area contributed by atoms with Crippen molar-refractivity contribution >= 4 is 10.1 Å². The zero-order valence-electron chi connectivity index (χ0n) is 13.7. The molecule has 0 bridgehead atoms. The Kier molecular flexibility index (Phi) is 9.51. The molecule has 0 aromatic rings. The number of alkyl halides is 11. The number of nitrogens with one attached hydrogen (secondary N) is 1. The molecule has 4 nitrogen and oxygen atoms in total. The average Bonchev–Trinajstić information content (AvgIpc) is 2.41. The number of hydrogen-bond donors (Lipinski definition) is 2. The Morgan fingerprint density at radius 1 is 0.741 bits per heavy atom. The summed E-state index contributed by atoms with van der Waals surface area (Å²) in [5.41, 5.74) is 0. The van der Waals surface area contributed by atoms with Gasteiger partial charge in [0.2, 0.25) is 0 Å². The van der Waals surface area contributed by atoms with Gasteiger partial charge in [0.15, 0.2) is 0 Å². The number of unbranched alkanes of at least 4 members (excludes halogenated alkanes) is 1. The Labute approximate surface area is 146 Å². The highest BCUT2D eigenvalue weighted by Crippen LogP contribution is 2.55. The van der Waals surface area contributed by atoms with Gasteiger partial charge in [-0.25, -0.2) is 0 Å². The van der Waals surface area contributed by atoms with Crippen molar-refractivity contribution in [3.05, 3.63) is 0 Å². The highest BCUT2D eigenvalue weighted by atomic mass is 32.2. The Balaban J connectivity index is 0. The van der Waals surface area contributed by atoms with E-state index in [1.54, 1.807) is 0 Å². The van der Waals surface area contributed by atoms with E-state index in [-0.39, 0.29) is 0 Å². The maximum atomic E-state index is 13.1. The summed E-state index contributed by atoms with van der Waals surface area (Å²) in [5, 5.41) is -4.21. The lowest BCUT2D eigenvalue weighted by molar-refractivity contribution is -0.349. The lowest BCUT2D eigenvalue weighted by atomic mass is 9.98. The molecule has 0 saturated carbocycles. The van der Waals surface area contributed by atoms with Gasteiger partial charge in [-0.2, -0.15) is 56.7 Å². The predicted molar refractivity (Wildman–Crippen MR) is 70.8 cm³/mol. The van der Waals surface area contributed by atoms with Gasteiger partial charge in [-0.15, -0.1) is 0 Å². The Morgan fingerprint density at radius 2 is 1.07 bits per heavy atom. The Hall–Kier alpha value is -0.900. The van der Waals surface area contributed by atoms with Crippen molar-refractivity contribution in [1.82, 2.24) is 5.32 Å². The van der Waals surface area contributed by atoms with E-state index in [9.17, 15) is 56.7 Å². The SMILES string of the molecule is CNC.O=S(=O)(O)C(F)(F)C(F)(F)C(F)(F)C(F)(F)CCCCC(F)(F)F.